The number of carbonyl (C=O) groups is 1. The first kappa shape index (κ1) is 16.6. The molecule has 3 aromatic rings. The Labute approximate surface area is 155 Å². The molecule has 2 aromatic carbocycles. The average molecular weight is 362 g/mol. The third-order valence-electron chi connectivity index (χ3n) is 4.33. The molecule has 1 fully saturated rings. The Morgan fingerprint density at radius 1 is 1.19 bits per heavy atom. The predicted octanol–water partition coefficient (Wildman–Crippen LogP) is 4.03. The molecule has 0 bridgehead atoms. The second-order valence-corrected chi connectivity index (χ2v) is 7.01. The Morgan fingerprint density at radius 2 is 1.96 bits per heavy atom. The molecule has 26 heavy (non-hydrogen) atoms. The number of para-hydroxylation sites is 3. The van der Waals surface area contributed by atoms with Gasteiger partial charge in [-0.25, -0.2) is 9.98 Å². The van der Waals surface area contributed by atoms with Crippen LogP contribution >= 0.6 is 11.8 Å². The van der Waals surface area contributed by atoms with Gasteiger partial charge in [0.25, 0.3) is 5.91 Å². The van der Waals surface area contributed by atoms with E-state index in [1.807, 2.05) is 60.2 Å². The number of amides is 1. The highest BCUT2D eigenvalue weighted by atomic mass is 32.2. The minimum Gasteiger partial charge on any atom is -0.328 e. The molecule has 2 heterocycles. The number of nitrogens with one attached hydrogen (secondary N) is 1. The number of nitrogens with zero attached hydrogens (tertiary/aromatic N) is 3. The monoisotopic (exact) mass is 362 g/mol. The molecule has 0 spiro atoms. The van der Waals surface area contributed by atoms with Gasteiger partial charge in [-0.15, -0.1) is 0 Å². The lowest BCUT2D eigenvalue weighted by Crippen LogP contribution is -2.19. The fraction of sp³-hybridized carbons (Fsp3) is 0.150. The molecule has 1 aliphatic rings. The smallest absolute Gasteiger partial charge is 0.264 e. The van der Waals surface area contributed by atoms with E-state index in [9.17, 15) is 4.79 Å². The van der Waals surface area contributed by atoms with Crippen molar-refractivity contribution in [2.45, 2.75) is 13.3 Å². The van der Waals surface area contributed by atoms with Gasteiger partial charge in [0.2, 0.25) is 0 Å². The normalized spacial score (nSPS) is 17.4. The number of carbonyl (C=O) groups excluding carboxylic acids is 1. The molecular weight excluding hydrogens is 344 g/mol. The zero-order valence-electron chi connectivity index (χ0n) is 14.6. The van der Waals surface area contributed by atoms with Crippen molar-refractivity contribution in [3.8, 4) is 0 Å². The molecule has 1 amide bonds. The fourth-order valence-electron chi connectivity index (χ4n) is 2.92. The molecule has 4 rings (SSSR count). The van der Waals surface area contributed by atoms with Gasteiger partial charge >= 0.3 is 0 Å². The number of imidazole rings is 1. The Balaban J connectivity index is 1.66. The molecular formula is C20H18N4OS. The molecule has 1 aromatic heterocycles. The molecule has 1 saturated heterocycles. The Hall–Kier alpha value is -2.86. The molecule has 6 heteroatoms. The number of amidine groups is 1. The minimum atomic E-state index is -0.144. The van der Waals surface area contributed by atoms with E-state index in [4.69, 9.17) is 0 Å². The van der Waals surface area contributed by atoms with Gasteiger partial charge in [-0.2, -0.15) is 0 Å². The number of hydrogen-bond donors (Lipinski definition) is 1. The van der Waals surface area contributed by atoms with E-state index < -0.39 is 0 Å². The van der Waals surface area contributed by atoms with Crippen LogP contribution in [0.25, 0.3) is 17.1 Å². The van der Waals surface area contributed by atoms with Crippen LogP contribution < -0.4 is 5.32 Å². The number of aromatic nitrogens is 2. The second-order valence-electron chi connectivity index (χ2n) is 5.98. The molecule has 0 aliphatic carbocycles. The minimum absolute atomic E-state index is 0.144. The van der Waals surface area contributed by atoms with Gasteiger partial charge in [-0.1, -0.05) is 37.3 Å². The maximum Gasteiger partial charge on any atom is 0.264 e. The number of rotatable bonds is 3. The zero-order valence-corrected chi connectivity index (χ0v) is 15.4. The van der Waals surface area contributed by atoms with Crippen molar-refractivity contribution in [1.29, 1.82) is 0 Å². The molecule has 5 nitrogen and oxygen atoms in total. The molecule has 0 saturated carbocycles. The summed E-state index contributed by atoms with van der Waals surface area (Å²) in [6.07, 6.45) is 2.71. The third-order valence-corrected chi connectivity index (χ3v) is 5.24. The van der Waals surface area contributed by atoms with Crippen LogP contribution in [0.4, 0.5) is 5.69 Å². The molecule has 1 N–H and O–H groups in total. The van der Waals surface area contributed by atoms with Crippen molar-refractivity contribution in [2.24, 2.45) is 12.0 Å². The van der Waals surface area contributed by atoms with Crippen LogP contribution in [0, 0.1) is 0 Å². The summed E-state index contributed by atoms with van der Waals surface area (Å²) < 4.78 is 1.98. The van der Waals surface area contributed by atoms with Crippen LogP contribution in [0.5, 0.6) is 0 Å². The topological polar surface area (TPSA) is 59.3 Å². The van der Waals surface area contributed by atoms with Gasteiger partial charge in [0.1, 0.15) is 5.82 Å². The number of thioether (sulfide) groups is 1. The SMILES string of the molecule is CCc1ccccc1N=C1NC(=O)C(=Cc2nc3ccccc3n2C)S1. The number of benzene rings is 2. The highest BCUT2D eigenvalue weighted by molar-refractivity contribution is 8.18. The number of fused-ring (bicyclic) bond motifs is 1. The lowest BCUT2D eigenvalue weighted by atomic mass is 10.1. The van der Waals surface area contributed by atoms with Crippen LogP contribution in [0.2, 0.25) is 0 Å². The van der Waals surface area contributed by atoms with Gasteiger partial charge < -0.3 is 9.88 Å². The summed E-state index contributed by atoms with van der Waals surface area (Å²) in [4.78, 5) is 22.2. The summed E-state index contributed by atoms with van der Waals surface area (Å²) in [7, 11) is 1.95. The standard InChI is InChI=1S/C20H18N4OS/c1-3-13-8-4-5-9-14(13)22-20-23-19(25)17(26-20)12-18-21-15-10-6-7-11-16(15)24(18)2/h4-12H,3H2,1-2H3,(H,22,23,25). The van der Waals surface area contributed by atoms with Crippen LogP contribution in [0.15, 0.2) is 58.4 Å². The van der Waals surface area contributed by atoms with Gasteiger partial charge in [-0.3, -0.25) is 4.79 Å². The Kier molecular flexibility index (Phi) is 4.34. The second kappa shape index (κ2) is 6.80. The lowest BCUT2D eigenvalue weighted by molar-refractivity contribution is -0.115. The van der Waals surface area contributed by atoms with Gasteiger partial charge in [0.05, 0.1) is 21.6 Å². The van der Waals surface area contributed by atoms with E-state index >= 15 is 0 Å². The average Bonchev–Trinajstić information content (AvgIpc) is 3.16. The van der Waals surface area contributed by atoms with Crippen molar-refractivity contribution in [1.82, 2.24) is 14.9 Å². The van der Waals surface area contributed by atoms with Crippen molar-refractivity contribution in [2.75, 3.05) is 0 Å². The summed E-state index contributed by atoms with van der Waals surface area (Å²) in [5.74, 6) is 0.605. The quantitative estimate of drug-likeness (QED) is 0.716. The largest absolute Gasteiger partial charge is 0.328 e. The van der Waals surface area contributed by atoms with Gasteiger partial charge in [-0.05, 0) is 41.9 Å². The summed E-state index contributed by atoms with van der Waals surface area (Å²) in [5.41, 5.74) is 3.99. The van der Waals surface area contributed by atoms with E-state index in [-0.39, 0.29) is 5.91 Å². The van der Waals surface area contributed by atoms with Gasteiger partial charge in [0.15, 0.2) is 5.17 Å². The van der Waals surface area contributed by atoms with E-state index in [2.05, 4.69) is 28.3 Å². The van der Waals surface area contributed by atoms with E-state index in [1.165, 1.54) is 11.8 Å². The molecule has 1 aliphatic heterocycles. The van der Waals surface area contributed by atoms with Crippen molar-refractivity contribution >= 4 is 45.6 Å². The first-order valence-corrected chi connectivity index (χ1v) is 9.26. The third kappa shape index (κ3) is 3.04. The predicted molar refractivity (Wildman–Crippen MR) is 107 cm³/mol. The van der Waals surface area contributed by atoms with E-state index in [1.54, 1.807) is 0 Å². The van der Waals surface area contributed by atoms with Crippen molar-refractivity contribution in [3.05, 3.63) is 64.8 Å². The fourth-order valence-corrected chi connectivity index (χ4v) is 3.72. The number of aliphatic imine (C=N–C) groups is 1. The van der Waals surface area contributed by atoms with Crippen LogP contribution in [0.1, 0.15) is 18.3 Å². The van der Waals surface area contributed by atoms with E-state index in [0.29, 0.717) is 10.1 Å². The summed E-state index contributed by atoms with van der Waals surface area (Å²) in [6.45, 7) is 2.09. The van der Waals surface area contributed by atoms with Gasteiger partial charge in [0, 0.05) is 13.1 Å². The van der Waals surface area contributed by atoms with Crippen molar-refractivity contribution in [3.63, 3.8) is 0 Å². The summed E-state index contributed by atoms with van der Waals surface area (Å²) in [6, 6.07) is 15.9. The van der Waals surface area contributed by atoms with Crippen LogP contribution in [-0.2, 0) is 18.3 Å². The zero-order chi connectivity index (χ0) is 18.1. The van der Waals surface area contributed by atoms with Crippen LogP contribution in [-0.4, -0.2) is 20.6 Å². The lowest BCUT2D eigenvalue weighted by Gasteiger charge is -2.02. The highest BCUT2D eigenvalue weighted by Crippen LogP contribution is 2.29. The van der Waals surface area contributed by atoms with E-state index in [0.717, 1.165) is 34.5 Å². The molecule has 0 atom stereocenters. The molecule has 0 unspecified atom stereocenters. The maximum atomic E-state index is 12.3. The first-order chi connectivity index (χ1) is 12.7. The number of hydrogen-bond acceptors (Lipinski definition) is 4. The molecule has 130 valence electrons. The number of aryl methyl sites for hydroxylation is 2. The molecule has 0 radical (unpaired) electrons. The Morgan fingerprint density at radius 3 is 2.77 bits per heavy atom. The first-order valence-electron chi connectivity index (χ1n) is 8.44. The van der Waals surface area contributed by atoms with Crippen molar-refractivity contribution < 1.29 is 4.79 Å². The summed E-state index contributed by atoms with van der Waals surface area (Å²) >= 11 is 1.34. The maximum absolute atomic E-state index is 12.3. The highest BCUT2D eigenvalue weighted by Gasteiger charge is 2.25. The Bertz CT molecular complexity index is 1060. The van der Waals surface area contributed by atoms with Crippen LogP contribution in [0.3, 0.4) is 0 Å². The summed E-state index contributed by atoms with van der Waals surface area (Å²) in [5, 5.41) is 3.44.